The number of nitrogens with one attached hydrogen (secondary N) is 1. The number of ether oxygens (including phenoxy) is 1. The zero-order valence-electron chi connectivity index (χ0n) is 10.1. The van der Waals surface area contributed by atoms with Crippen LogP contribution in [0.5, 0.6) is 0 Å². The molecular weight excluding hydrogens is 251 g/mol. The topological polar surface area (TPSA) is 34.1 Å². The van der Waals surface area contributed by atoms with Crippen molar-refractivity contribution in [1.29, 1.82) is 0 Å². The number of methoxy groups -OCH3 is 1. The van der Waals surface area contributed by atoms with Crippen molar-refractivity contribution in [2.75, 3.05) is 25.6 Å². The van der Waals surface area contributed by atoms with Crippen LogP contribution in [0.15, 0.2) is 29.6 Å². The van der Waals surface area contributed by atoms with Crippen molar-refractivity contribution in [1.82, 2.24) is 4.98 Å². The highest BCUT2D eigenvalue weighted by atomic mass is 32.1. The minimum atomic E-state index is -0.230. The first kappa shape index (κ1) is 13.0. The fourth-order valence-corrected chi connectivity index (χ4v) is 2.27. The third-order valence-electron chi connectivity index (χ3n) is 2.45. The Morgan fingerprint density at radius 2 is 2.11 bits per heavy atom. The van der Waals surface area contributed by atoms with Gasteiger partial charge in [0.25, 0.3) is 0 Å². The molecule has 96 valence electrons. The Morgan fingerprint density at radius 3 is 2.83 bits per heavy atom. The second kappa shape index (κ2) is 6.47. The molecule has 0 unspecified atom stereocenters. The maximum Gasteiger partial charge on any atom is 0.183 e. The van der Waals surface area contributed by atoms with E-state index in [0.717, 1.165) is 36.0 Å². The van der Waals surface area contributed by atoms with Crippen LogP contribution >= 0.6 is 11.3 Å². The molecule has 0 aliphatic heterocycles. The average Bonchev–Trinajstić information content (AvgIpc) is 2.84. The highest BCUT2D eigenvalue weighted by molar-refractivity contribution is 7.14. The largest absolute Gasteiger partial charge is 0.385 e. The molecule has 1 aromatic heterocycles. The number of benzene rings is 1. The van der Waals surface area contributed by atoms with E-state index in [0.29, 0.717) is 0 Å². The summed E-state index contributed by atoms with van der Waals surface area (Å²) in [7, 11) is 1.69. The van der Waals surface area contributed by atoms with Gasteiger partial charge in [0.05, 0.1) is 5.69 Å². The van der Waals surface area contributed by atoms with E-state index in [1.807, 2.05) is 5.38 Å². The molecule has 2 rings (SSSR count). The van der Waals surface area contributed by atoms with Gasteiger partial charge in [0, 0.05) is 31.2 Å². The van der Waals surface area contributed by atoms with E-state index >= 15 is 0 Å². The standard InChI is InChI=1S/C13H15FN2OS/c1-17-8-2-7-15-13-16-12(9-18-13)10-3-5-11(14)6-4-10/h3-6,9H,2,7-8H2,1H3,(H,15,16). The van der Waals surface area contributed by atoms with E-state index in [4.69, 9.17) is 4.74 Å². The maximum atomic E-state index is 12.8. The molecule has 1 heterocycles. The molecular formula is C13H15FN2OS. The van der Waals surface area contributed by atoms with Crippen molar-refractivity contribution >= 4 is 16.5 Å². The Labute approximate surface area is 110 Å². The van der Waals surface area contributed by atoms with Crippen LogP contribution in [0.1, 0.15) is 6.42 Å². The number of anilines is 1. The lowest BCUT2D eigenvalue weighted by Gasteiger charge is -2.01. The second-order valence-electron chi connectivity index (χ2n) is 3.82. The van der Waals surface area contributed by atoms with E-state index in [9.17, 15) is 4.39 Å². The van der Waals surface area contributed by atoms with Crippen LogP contribution in [-0.4, -0.2) is 25.2 Å². The summed E-state index contributed by atoms with van der Waals surface area (Å²) < 4.78 is 17.8. The third kappa shape index (κ3) is 3.51. The average molecular weight is 266 g/mol. The van der Waals surface area contributed by atoms with Crippen molar-refractivity contribution in [3.05, 3.63) is 35.5 Å². The minimum absolute atomic E-state index is 0.230. The highest BCUT2D eigenvalue weighted by Gasteiger charge is 2.04. The highest BCUT2D eigenvalue weighted by Crippen LogP contribution is 2.24. The summed E-state index contributed by atoms with van der Waals surface area (Å²) in [5.41, 5.74) is 1.80. The number of halogens is 1. The zero-order valence-corrected chi connectivity index (χ0v) is 11.0. The number of hydrogen-bond donors (Lipinski definition) is 1. The molecule has 0 saturated carbocycles. The molecule has 1 N–H and O–H groups in total. The Balaban J connectivity index is 1.95. The first-order valence-corrected chi connectivity index (χ1v) is 6.62. The molecule has 0 bridgehead atoms. The van der Waals surface area contributed by atoms with Crippen LogP contribution in [0.2, 0.25) is 0 Å². The fraction of sp³-hybridized carbons (Fsp3) is 0.308. The van der Waals surface area contributed by atoms with Crippen LogP contribution in [0.3, 0.4) is 0 Å². The molecule has 0 amide bonds. The zero-order chi connectivity index (χ0) is 12.8. The molecule has 0 fully saturated rings. The molecule has 18 heavy (non-hydrogen) atoms. The van der Waals surface area contributed by atoms with E-state index in [1.54, 1.807) is 30.6 Å². The first-order valence-electron chi connectivity index (χ1n) is 5.74. The van der Waals surface area contributed by atoms with Gasteiger partial charge in [-0.25, -0.2) is 9.37 Å². The molecule has 0 aliphatic carbocycles. The lowest BCUT2D eigenvalue weighted by atomic mass is 10.2. The van der Waals surface area contributed by atoms with Gasteiger partial charge in [0.2, 0.25) is 0 Å². The Hall–Kier alpha value is -1.46. The predicted molar refractivity (Wildman–Crippen MR) is 72.5 cm³/mol. The monoisotopic (exact) mass is 266 g/mol. The lowest BCUT2D eigenvalue weighted by molar-refractivity contribution is 0.198. The molecule has 0 saturated heterocycles. The Kier molecular flexibility index (Phi) is 4.66. The molecule has 3 nitrogen and oxygen atoms in total. The molecule has 0 radical (unpaired) electrons. The summed E-state index contributed by atoms with van der Waals surface area (Å²) in [5, 5.41) is 6.08. The molecule has 0 aliphatic rings. The number of hydrogen-bond acceptors (Lipinski definition) is 4. The van der Waals surface area contributed by atoms with E-state index in [2.05, 4.69) is 10.3 Å². The second-order valence-corrected chi connectivity index (χ2v) is 4.68. The van der Waals surface area contributed by atoms with Crippen LogP contribution < -0.4 is 5.32 Å². The van der Waals surface area contributed by atoms with Crippen molar-refractivity contribution in [3.63, 3.8) is 0 Å². The summed E-state index contributed by atoms with van der Waals surface area (Å²) in [4.78, 5) is 4.45. The minimum Gasteiger partial charge on any atom is -0.385 e. The van der Waals surface area contributed by atoms with Gasteiger partial charge in [-0.1, -0.05) is 0 Å². The van der Waals surface area contributed by atoms with Crippen molar-refractivity contribution in [2.45, 2.75) is 6.42 Å². The summed E-state index contributed by atoms with van der Waals surface area (Å²) in [5.74, 6) is -0.230. The number of nitrogens with zero attached hydrogens (tertiary/aromatic N) is 1. The van der Waals surface area contributed by atoms with Crippen molar-refractivity contribution in [3.8, 4) is 11.3 Å². The molecule has 5 heteroatoms. The number of thiazole rings is 1. The predicted octanol–water partition coefficient (Wildman–Crippen LogP) is 3.40. The van der Waals surface area contributed by atoms with Gasteiger partial charge in [-0.3, -0.25) is 0 Å². The van der Waals surface area contributed by atoms with Gasteiger partial charge in [0.1, 0.15) is 5.82 Å². The SMILES string of the molecule is COCCCNc1nc(-c2ccc(F)cc2)cs1. The van der Waals surface area contributed by atoms with Crippen LogP contribution in [0.4, 0.5) is 9.52 Å². The van der Waals surface area contributed by atoms with Gasteiger partial charge in [-0.15, -0.1) is 11.3 Å². The van der Waals surface area contributed by atoms with E-state index < -0.39 is 0 Å². The van der Waals surface area contributed by atoms with E-state index in [1.165, 1.54) is 12.1 Å². The molecule has 0 spiro atoms. The summed E-state index contributed by atoms with van der Waals surface area (Å²) in [6.07, 6.45) is 0.946. The van der Waals surface area contributed by atoms with Crippen LogP contribution in [0.25, 0.3) is 11.3 Å². The van der Waals surface area contributed by atoms with Gasteiger partial charge >= 0.3 is 0 Å². The van der Waals surface area contributed by atoms with Crippen molar-refractivity contribution in [2.24, 2.45) is 0 Å². The third-order valence-corrected chi connectivity index (χ3v) is 3.25. The summed E-state index contributed by atoms with van der Waals surface area (Å²) in [6, 6.07) is 6.36. The number of rotatable bonds is 6. The molecule has 0 atom stereocenters. The van der Waals surface area contributed by atoms with Gasteiger partial charge < -0.3 is 10.1 Å². The fourth-order valence-electron chi connectivity index (χ4n) is 1.52. The van der Waals surface area contributed by atoms with Gasteiger partial charge in [0.15, 0.2) is 5.13 Å². The molecule has 2 aromatic rings. The van der Waals surface area contributed by atoms with Crippen LogP contribution in [-0.2, 0) is 4.74 Å². The van der Waals surface area contributed by atoms with Crippen LogP contribution in [0, 0.1) is 5.82 Å². The lowest BCUT2D eigenvalue weighted by Crippen LogP contribution is -2.04. The molecule has 1 aromatic carbocycles. The smallest absolute Gasteiger partial charge is 0.183 e. The Bertz CT molecular complexity index is 484. The Morgan fingerprint density at radius 1 is 1.33 bits per heavy atom. The maximum absolute atomic E-state index is 12.8. The quantitative estimate of drug-likeness (QED) is 0.814. The van der Waals surface area contributed by atoms with Gasteiger partial charge in [-0.05, 0) is 30.7 Å². The van der Waals surface area contributed by atoms with Crippen molar-refractivity contribution < 1.29 is 9.13 Å². The van der Waals surface area contributed by atoms with Gasteiger partial charge in [-0.2, -0.15) is 0 Å². The van der Waals surface area contributed by atoms with E-state index in [-0.39, 0.29) is 5.82 Å². The first-order chi connectivity index (χ1) is 8.79. The summed E-state index contributed by atoms with van der Waals surface area (Å²) >= 11 is 1.55. The normalized spacial score (nSPS) is 10.6. The number of aromatic nitrogens is 1. The summed E-state index contributed by atoms with van der Waals surface area (Å²) in [6.45, 7) is 1.58.